The summed E-state index contributed by atoms with van der Waals surface area (Å²) in [7, 11) is 0. The van der Waals surface area contributed by atoms with Gasteiger partial charge in [0.2, 0.25) is 0 Å². The summed E-state index contributed by atoms with van der Waals surface area (Å²) in [4.78, 5) is 13.3. The van der Waals surface area contributed by atoms with Gasteiger partial charge in [0.1, 0.15) is 11.6 Å². The van der Waals surface area contributed by atoms with Crippen LogP contribution in [0.4, 0.5) is 5.82 Å². The first-order chi connectivity index (χ1) is 15.8. The van der Waals surface area contributed by atoms with Crippen LogP contribution in [0, 0.1) is 0 Å². The third-order valence-corrected chi connectivity index (χ3v) is 7.94. The SMILES string of the molecule is Cl.c1ccc(Cc2nc3c(c(N4CCCCC4)n2)C2(CCCCC2)Cc2ccccc2-3)cc1. The molecule has 3 aliphatic rings. The fourth-order valence-electron chi connectivity index (χ4n) is 6.38. The van der Waals surface area contributed by atoms with E-state index in [4.69, 9.17) is 9.97 Å². The molecule has 0 unspecified atom stereocenters. The monoisotopic (exact) mass is 459 g/mol. The summed E-state index contributed by atoms with van der Waals surface area (Å²) in [5.41, 5.74) is 7.03. The van der Waals surface area contributed by atoms with E-state index in [2.05, 4.69) is 59.5 Å². The molecule has 3 nitrogen and oxygen atoms in total. The highest BCUT2D eigenvalue weighted by molar-refractivity contribution is 5.85. The Balaban J connectivity index is 0.00000228. The van der Waals surface area contributed by atoms with Crippen molar-refractivity contribution in [2.45, 2.75) is 69.6 Å². The summed E-state index contributed by atoms with van der Waals surface area (Å²) >= 11 is 0. The van der Waals surface area contributed by atoms with Crippen LogP contribution in [0.1, 0.15) is 73.9 Å². The quantitative estimate of drug-likeness (QED) is 0.426. The van der Waals surface area contributed by atoms with Gasteiger partial charge in [0.25, 0.3) is 0 Å². The number of aromatic nitrogens is 2. The summed E-state index contributed by atoms with van der Waals surface area (Å²) < 4.78 is 0. The lowest BCUT2D eigenvalue weighted by molar-refractivity contribution is 0.286. The molecule has 2 fully saturated rings. The van der Waals surface area contributed by atoms with Gasteiger partial charge in [0.15, 0.2) is 0 Å². The van der Waals surface area contributed by atoms with Crippen molar-refractivity contribution in [2.24, 2.45) is 0 Å². The standard InChI is InChI=1S/C29H33N3.ClH/c1-4-12-22(13-5-1)20-25-30-27-24-15-7-6-14-23(24)21-29(16-8-2-9-17-29)26(27)28(31-25)32-18-10-3-11-19-32;/h1,4-7,12-15H,2-3,8-11,16-21H2;1H. The molecule has 0 radical (unpaired) electrons. The molecule has 2 aliphatic carbocycles. The van der Waals surface area contributed by atoms with E-state index in [1.807, 2.05) is 0 Å². The molecule has 6 rings (SSSR count). The average molecular weight is 460 g/mol. The Morgan fingerprint density at radius 2 is 1.45 bits per heavy atom. The van der Waals surface area contributed by atoms with Gasteiger partial charge in [-0.15, -0.1) is 12.4 Å². The molecule has 1 saturated carbocycles. The maximum atomic E-state index is 5.34. The molecular weight excluding hydrogens is 426 g/mol. The number of piperidine rings is 1. The van der Waals surface area contributed by atoms with Crippen LogP contribution < -0.4 is 4.90 Å². The van der Waals surface area contributed by atoms with Crippen molar-refractivity contribution in [1.29, 1.82) is 0 Å². The van der Waals surface area contributed by atoms with Gasteiger partial charge in [-0.25, -0.2) is 9.97 Å². The smallest absolute Gasteiger partial charge is 0.136 e. The van der Waals surface area contributed by atoms with E-state index in [-0.39, 0.29) is 17.8 Å². The predicted octanol–water partition coefficient (Wildman–Crippen LogP) is 6.90. The molecule has 0 N–H and O–H groups in total. The Kier molecular flexibility index (Phi) is 6.42. The number of halogens is 1. The van der Waals surface area contributed by atoms with Crippen molar-refractivity contribution in [3.63, 3.8) is 0 Å². The summed E-state index contributed by atoms with van der Waals surface area (Å²) in [5, 5.41) is 0. The van der Waals surface area contributed by atoms with Crippen LogP contribution in [-0.2, 0) is 18.3 Å². The summed E-state index contributed by atoms with van der Waals surface area (Å²) in [6, 6.07) is 19.7. The van der Waals surface area contributed by atoms with Gasteiger partial charge < -0.3 is 4.90 Å². The molecule has 2 aromatic carbocycles. The molecule has 0 bridgehead atoms. The van der Waals surface area contributed by atoms with Crippen LogP contribution in [0.5, 0.6) is 0 Å². The lowest BCUT2D eigenvalue weighted by Gasteiger charge is -2.45. The highest BCUT2D eigenvalue weighted by Gasteiger charge is 2.44. The summed E-state index contributed by atoms with van der Waals surface area (Å²) in [6.07, 6.45) is 12.4. The molecule has 0 amide bonds. The normalized spacial score (nSPS) is 18.8. The van der Waals surface area contributed by atoms with Crippen LogP contribution in [0.2, 0.25) is 0 Å². The molecule has 1 aliphatic heterocycles. The van der Waals surface area contributed by atoms with Crippen LogP contribution in [0.15, 0.2) is 54.6 Å². The van der Waals surface area contributed by atoms with Crippen LogP contribution in [-0.4, -0.2) is 23.1 Å². The number of rotatable bonds is 3. The first-order valence-corrected chi connectivity index (χ1v) is 12.6. The fourth-order valence-corrected chi connectivity index (χ4v) is 6.38. The molecule has 2 heterocycles. The topological polar surface area (TPSA) is 29.0 Å². The highest BCUT2D eigenvalue weighted by atomic mass is 35.5. The zero-order valence-electron chi connectivity index (χ0n) is 19.4. The van der Waals surface area contributed by atoms with Crippen LogP contribution >= 0.6 is 12.4 Å². The number of hydrogen-bond donors (Lipinski definition) is 0. The molecular formula is C29H34ClN3. The second kappa shape index (κ2) is 9.46. The van der Waals surface area contributed by atoms with E-state index in [9.17, 15) is 0 Å². The largest absolute Gasteiger partial charge is 0.356 e. The van der Waals surface area contributed by atoms with Gasteiger partial charge in [-0.2, -0.15) is 0 Å². The summed E-state index contributed by atoms with van der Waals surface area (Å²) in [5.74, 6) is 2.23. The maximum Gasteiger partial charge on any atom is 0.136 e. The van der Waals surface area contributed by atoms with Gasteiger partial charge in [-0.05, 0) is 49.7 Å². The highest BCUT2D eigenvalue weighted by Crippen LogP contribution is 2.52. The minimum absolute atomic E-state index is 0. The van der Waals surface area contributed by atoms with Crippen molar-refractivity contribution in [3.05, 3.63) is 77.1 Å². The Hall–Kier alpha value is -2.39. The molecule has 4 heteroatoms. The molecule has 1 saturated heterocycles. The third kappa shape index (κ3) is 4.17. The first kappa shape index (κ1) is 22.4. The fraction of sp³-hybridized carbons (Fsp3) is 0.448. The minimum atomic E-state index is 0. The minimum Gasteiger partial charge on any atom is -0.356 e. The van der Waals surface area contributed by atoms with Crippen LogP contribution in [0.25, 0.3) is 11.3 Å². The molecule has 33 heavy (non-hydrogen) atoms. The Morgan fingerprint density at radius 1 is 0.758 bits per heavy atom. The average Bonchev–Trinajstić information content (AvgIpc) is 2.85. The zero-order valence-corrected chi connectivity index (χ0v) is 20.2. The van der Waals surface area contributed by atoms with E-state index in [1.54, 1.807) is 0 Å². The van der Waals surface area contributed by atoms with E-state index in [0.29, 0.717) is 0 Å². The van der Waals surface area contributed by atoms with Crippen molar-refractivity contribution in [3.8, 4) is 11.3 Å². The number of anilines is 1. The van der Waals surface area contributed by atoms with Gasteiger partial charge in [0, 0.05) is 36.1 Å². The lowest BCUT2D eigenvalue weighted by atomic mass is 9.62. The second-order valence-electron chi connectivity index (χ2n) is 10.1. The van der Waals surface area contributed by atoms with Crippen molar-refractivity contribution in [1.82, 2.24) is 9.97 Å². The lowest BCUT2D eigenvalue weighted by Crippen LogP contribution is -2.40. The molecule has 0 atom stereocenters. The number of fused-ring (bicyclic) bond motifs is 4. The molecule has 3 aromatic rings. The van der Waals surface area contributed by atoms with Gasteiger partial charge in [0.05, 0.1) is 5.69 Å². The van der Waals surface area contributed by atoms with E-state index in [1.165, 1.54) is 85.1 Å². The predicted molar refractivity (Wildman–Crippen MR) is 138 cm³/mol. The van der Waals surface area contributed by atoms with Gasteiger partial charge >= 0.3 is 0 Å². The van der Waals surface area contributed by atoms with Gasteiger partial charge in [-0.1, -0.05) is 73.9 Å². The van der Waals surface area contributed by atoms with Crippen molar-refractivity contribution >= 4 is 18.2 Å². The van der Waals surface area contributed by atoms with E-state index in [0.717, 1.165) is 31.8 Å². The van der Waals surface area contributed by atoms with E-state index < -0.39 is 0 Å². The maximum absolute atomic E-state index is 5.34. The molecule has 172 valence electrons. The molecule has 1 aromatic heterocycles. The van der Waals surface area contributed by atoms with Crippen molar-refractivity contribution < 1.29 is 0 Å². The van der Waals surface area contributed by atoms with Crippen LogP contribution in [0.3, 0.4) is 0 Å². The Bertz CT molecular complexity index is 1100. The molecule has 1 spiro atoms. The number of benzene rings is 2. The second-order valence-corrected chi connectivity index (χ2v) is 10.1. The number of nitrogens with zero attached hydrogens (tertiary/aromatic N) is 3. The summed E-state index contributed by atoms with van der Waals surface area (Å²) in [6.45, 7) is 2.26. The Morgan fingerprint density at radius 3 is 2.24 bits per heavy atom. The third-order valence-electron chi connectivity index (χ3n) is 7.94. The van der Waals surface area contributed by atoms with E-state index >= 15 is 0 Å². The zero-order chi connectivity index (χ0) is 21.4. The van der Waals surface area contributed by atoms with Gasteiger partial charge in [-0.3, -0.25) is 0 Å². The number of hydrogen-bond acceptors (Lipinski definition) is 3. The Labute approximate surface area is 204 Å². The van der Waals surface area contributed by atoms with Crippen molar-refractivity contribution in [2.75, 3.05) is 18.0 Å². The first-order valence-electron chi connectivity index (χ1n) is 12.6.